The zero-order chi connectivity index (χ0) is 21.8. The third-order valence-corrected chi connectivity index (χ3v) is 4.68. The Morgan fingerprint density at radius 3 is 2.33 bits per heavy atom. The first-order chi connectivity index (χ1) is 14.2. The van der Waals surface area contributed by atoms with Gasteiger partial charge in [0.1, 0.15) is 0 Å². The Bertz CT molecular complexity index is 1100. The molecule has 0 unspecified atom stereocenters. The average molecular weight is 429 g/mol. The van der Waals surface area contributed by atoms with Crippen molar-refractivity contribution in [3.05, 3.63) is 68.3 Å². The van der Waals surface area contributed by atoms with E-state index in [-0.39, 0.29) is 17.5 Å². The first-order valence-corrected chi connectivity index (χ1v) is 9.46. The molecule has 1 N–H and O–H groups in total. The lowest BCUT2D eigenvalue weighted by Crippen LogP contribution is -2.13. The van der Waals surface area contributed by atoms with Crippen LogP contribution in [0.15, 0.2) is 51.8 Å². The lowest BCUT2D eigenvalue weighted by molar-refractivity contribution is -0.394. The second-order valence-corrected chi connectivity index (χ2v) is 7.96. The molecule has 0 bridgehead atoms. The Morgan fingerprint density at radius 1 is 1.07 bits per heavy atom. The van der Waals surface area contributed by atoms with E-state index in [1.165, 1.54) is 0 Å². The second-order valence-electron chi connectivity index (χ2n) is 6.31. The third-order valence-electron chi connectivity index (χ3n) is 3.68. The number of anilines is 1. The van der Waals surface area contributed by atoms with Crippen LogP contribution in [0, 0.1) is 20.2 Å². The molecule has 1 aromatic heterocycles. The Balaban J connectivity index is 1.82. The summed E-state index contributed by atoms with van der Waals surface area (Å²) in [7, 11) is 0. The summed E-state index contributed by atoms with van der Waals surface area (Å²) < 4.78 is 5.45. The van der Waals surface area contributed by atoms with Crippen molar-refractivity contribution in [1.82, 2.24) is 10.2 Å². The van der Waals surface area contributed by atoms with Crippen LogP contribution >= 0.6 is 11.8 Å². The van der Waals surface area contributed by atoms with E-state index in [2.05, 4.69) is 29.4 Å². The summed E-state index contributed by atoms with van der Waals surface area (Å²) in [4.78, 5) is 33.7. The molecule has 2 aromatic carbocycles. The van der Waals surface area contributed by atoms with Crippen molar-refractivity contribution in [3.63, 3.8) is 0 Å². The molecule has 0 saturated heterocycles. The van der Waals surface area contributed by atoms with Crippen LogP contribution in [0.4, 0.5) is 17.4 Å². The van der Waals surface area contributed by atoms with E-state index >= 15 is 0 Å². The number of hydrogen-bond acceptors (Lipinski definition) is 9. The Labute approximate surface area is 173 Å². The molecule has 3 rings (SSSR count). The molecule has 0 atom stereocenters. The summed E-state index contributed by atoms with van der Waals surface area (Å²) in [6, 6.07) is 9.79. The number of nitrogens with one attached hydrogen (secondary N) is 1. The number of rotatable bonds is 7. The van der Waals surface area contributed by atoms with Crippen molar-refractivity contribution in [1.29, 1.82) is 0 Å². The summed E-state index contributed by atoms with van der Waals surface area (Å²) in [6.45, 7) is 4.13. The number of carbonyl (C=O) groups is 1. The van der Waals surface area contributed by atoms with Gasteiger partial charge in [-0.15, -0.1) is 16.9 Å². The molecule has 0 aliphatic heterocycles. The normalized spacial score (nSPS) is 10.8. The lowest BCUT2D eigenvalue weighted by atomic mass is 10.1. The average Bonchev–Trinajstić information content (AvgIpc) is 3.15. The number of nitro benzene ring substituents is 2. The second kappa shape index (κ2) is 8.69. The largest absolute Gasteiger partial charge is 0.403 e. The summed E-state index contributed by atoms with van der Waals surface area (Å²) in [6.07, 6.45) is 0. The third kappa shape index (κ3) is 4.97. The fourth-order valence-electron chi connectivity index (χ4n) is 2.47. The minimum atomic E-state index is -0.860. The molecule has 30 heavy (non-hydrogen) atoms. The van der Waals surface area contributed by atoms with E-state index in [9.17, 15) is 25.0 Å². The van der Waals surface area contributed by atoms with Crippen LogP contribution in [-0.2, 0) is 0 Å². The van der Waals surface area contributed by atoms with Crippen molar-refractivity contribution < 1.29 is 19.1 Å². The maximum atomic E-state index is 12.4. The Morgan fingerprint density at radius 2 is 1.73 bits per heavy atom. The number of amides is 1. The summed E-state index contributed by atoms with van der Waals surface area (Å²) in [5.74, 6) is -0.692. The quantitative estimate of drug-likeness (QED) is 0.328. The van der Waals surface area contributed by atoms with Crippen LogP contribution in [0.2, 0.25) is 0 Å². The molecule has 0 saturated carbocycles. The van der Waals surface area contributed by atoms with Gasteiger partial charge in [-0.25, -0.2) is 0 Å². The fraction of sp³-hybridized carbons (Fsp3) is 0.167. The SMILES string of the molecule is CC(C)Sc1cccc(-c2nnc(NC(=O)c3cc([N+](=O)[O-])cc([N+](=O)[O-])c3)o2)c1. The minimum absolute atomic E-state index is 0.168. The molecule has 0 aliphatic carbocycles. The van der Waals surface area contributed by atoms with E-state index in [1.807, 2.05) is 18.2 Å². The van der Waals surface area contributed by atoms with Gasteiger partial charge in [-0.3, -0.25) is 30.3 Å². The highest BCUT2D eigenvalue weighted by atomic mass is 32.2. The zero-order valence-corrected chi connectivity index (χ0v) is 16.6. The van der Waals surface area contributed by atoms with Gasteiger partial charge in [0.15, 0.2) is 0 Å². The van der Waals surface area contributed by atoms with E-state index < -0.39 is 27.1 Å². The van der Waals surface area contributed by atoms with Gasteiger partial charge in [0.25, 0.3) is 17.3 Å². The van der Waals surface area contributed by atoms with Crippen LogP contribution in [0.3, 0.4) is 0 Å². The van der Waals surface area contributed by atoms with Crippen LogP contribution in [0.5, 0.6) is 0 Å². The van der Waals surface area contributed by atoms with Crippen molar-refractivity contribution >= 4 is 35.1 Å². The predicted octanol–water partition coefficient (Wildman–Crippen LogP) is 4.31. The molecule has 12 heteroatoms. The number of nitro groups is 2. The van der Waals surface area contributed by atoms with Crippen molar-refractivity contribution in [3.8, 4) is 11.5 Å². The smallest absolute Gasteiger partial charge is 0.322 e. The number of non-ortho nitro benzene ring substituents is 2. The van der Waals surface area contributed by atoms with E-state index in [0.717, 1.165) is 23.1 Å². The number of aromatic nitrogens is 2. The van der Waals surface area contributed by atoms with Crippen LogP contribution in [0.1, 0.15) is 24.2 Å². The van der Waals surface area contributed by atoms with Crippen molar-refractivity contribution in [2.75, 3.05) is 5.32 Å². The van der Waals surface area contributed by atoms with E-state index in [4.69, 9.17) is 4.42 Å². The van der Waals surface area contributed by atoms with E-state index in [0.29, 0.717) is 10.8 Å². The molecule has 11 nitrogen and oxygen atoms in total. The number of carbonyl (C=O) groups excluding carboxylic acids is 1. The molecule has 3 aromatic rings. The maximum Gasteiger partial charge on any atom is 0.322 e. The van der Waals surface area contributed by atoms with Gasteiger partial charge in [0.05, 0.1) is 21.5 Å². The highest BCUT2D eigenvalue weighted by molar-refractivity contribution is 7.99. The number of hydrogen-bond donors (Lipinski definition) is 1. The van der Waals surface area contributed by atoms with Crippen LogP contribution in [-0.4, -0.2) is 31.2 Å². The number of thioether (sulfide) groups is 1. The summed E-state index contributed by atoms with van der Waals surface area (Å²) in [5, 5.41) is 32.3. The predicted molar refractivity (Wildman–Crippen MR) is 108 cm³/mol. The topological polar surface area (TPSA) is 154 Å². The van der Waals surface area contributed by atoms with Crippen molar-refractivity contribution in [2.24, 2.45) is 0 Å². The van der Waals surface area contributed by atoms with Gasteiger partial charge in [-0.1, -0.05) is 25.0 Å². The first kappa shape index (κ1) is 20.9. The molecule has 0 aliphatic rings. The molecule has 0 spiro atoms. The highest BCUT2D eigenvalue weighted by Gasteiger charge is 2.21. The molecular formula is C18H15N5O6S. The fourth-order valence-corrected chi connectivity index (χ4v) is 3.37. The lowest BCUT2D eigenvalue weighted by Gasteiger charge is -2.05. The van der Waals surface area contributed by atoms with Gasteiger partial charge < -0.3 is 4.42 Å². The maximum absolute atomic E-state index is 12.4. The van der Waals surface area contributed by atoms with Gasteiger partial charge in [0.2, 0.25) is 5.89 Å². The molecule has 154 valence electrons. The molecule has 0 radical (unpaired) electrons. The molecular weight excluding hydrogens is 414 g/mol. The van der Waals surface area contributed by atoms with Gasteiger partial charge in [-0.2, -0.15) is 0 Å². The molecule has 1 amide bonds. The Kier molecular flexibility index (Phi) is 6.06. The zero-order valence-electron chi connectivity index (χ0n) is 15.8. The molecule has 0 fully saturated rings. The monoisotopic (exact) mass is 429 g/mol. The highest BCUT2D eigenvalue weighted by Crippen LogP contribution is 2.28. The first-order valence-electron chi connectivity index (χ1n) is 8.59. The Hall–Kier alpha value is -3.80. The minimum Gasteiger partial charge on any atom is -0.403 e. The number of nitrogens with zero attached hydrogens (tertiary/aromatic N) is 4. The van der Waals surface area contributed by atoms with E-state index in [1.54, 1.807) is 17.8 Å². The van der Waals surface area contributed by atoms with Gasteiger partial charge in [-0.05, 0) is 18.2 Å². The number of benzene rings is 2. The molecule has 1 heterocycles. The summed E-state index contributed by atoms with van der Waals surface area (Å²) in [5.41, 5.74) is -0.800. The standard InChI is InChI=1S/C18H15N5O6S/c1-10(2)30-15-5-3-4-11(8-15)17-20-21-18(29-17)19-16(24)12-6-13(22(25)26)9-14(7-12)23(27)28/h3-10H,1-2H3,(H,19,21,24). The summed E-state index contributed by atoms with van der Waals surface area (Å²) >= 11 is 1.66. The van der Waals surface area contributed by atoms with Gasteiger partial charge in [0, 0.05) is 27.8 Å². The van der Waals surface area contributed by atoms with Gasteiger partial charge >= 0.3 is 6.01 Å². The van der Waals surface area contributed by atoms with Crippen LogP contribution in [0.25, 0.3) is 11.5 Å². The van der Waals surface area contributed by atoms with Crippen LogP contribution < -0.4 is 5.32 Å². The van der Waals surface area contributed by atoms with Crippen molar-refractivity contribution in [2.45, 2.75) is 24.0 Å².